The van der Waals surface area contributed by atoms with E-state index in [0.29, 0.717) is 24.8 Å². The van der Waals surface area contributed by atoms with Gasteiger partial charge in [-0.2, -0.15) is 0 Å². The van der Waals surface area contributed by atoms with Gasteiger partial charge in [0.2, 0.25) is 11.8 Å². The largest absolute Gasteiger partial charge is 0.476 e. The van der Waals surface area contributed by atoms with Gasteiger partial charge in [0.1, 0.15) is 5.02 Å². The van der Waals surface area contributed by atoms with Crippen LogP contribution in [-0.2, 0) is 9.53 Å². The minimum atomic E-state index is -2.69. The van der Waals surface area contributed by atoms with E-state index in [9.17, 15) is 13.6 Å². The minimum absolute atomic E-state index is 0.0171. The molecule has 9 heteroatoms. The summed E-state index contributed by atoms with van der Waals surface area (Å²) in [7, 11) is 0. The molecule has 1 N–H and O–H groups in total. The fourth-order valence-electron chi connectivity index (χ4n) is 3.51. The molecular weight excluding hydrogens is 392 g/mol. The second kappa shape index (κ2) is 8.78. The SMILES string of the molecule is CC(=O)N[C@@H](C)COC1CC(COc2nccc(N3CCC(F)(F)C3)c2Cl)C1. The highest BCUT2D eigenvalue weighted by Crippen LogP contribution is 2.38. The maximum absolute atomic E-state index is 13.5. The topological polar surface area (TPSA) is 63.7 Å². The fraction of sp³-hybridized carbons (Fsp3) is 0.684. The van der Waals surface area contributed by atoms with Crippen LogP contribution in [0.15, 0.2) is 12.3 Å². The number of amides is 1. The molecule has 3 rings (SSSR count). The number of ether oxygens (including phenoxy) is 2. The summed E-state index contributed by atoms with van der Waals surface area (Å²) in [6.07, 6.45) is 3.24. The predicted octanol–water partition coefficient (Wildman–Crippen LogP) is 3.28. The summed E-state index contributed by atoms with van der Waals surface area (Å²) >= 11 is 6.35. The van der Waals surface area contributed by atoms with E-state index in [1.807, 2.05) is 6.92 Å². The molecule has 2 aliphatic rings. The van der Waals surface area contributed by atoms with E-state index in [1.165, 1.54) is 13.1 Å². The second-order valence-corrected chi connectivity index (χ2v) is 8.06. The third kappa shape index (κ3) is 5.44. The summed E-state index contributed by atoms with van der Waals surface area (Å²) in [4.78, 5) is 16.7. The molecule has 1 aromatic heterocycles. The molecule has 2 heterocycles. The summed E-state index contributed by atoms with van der Waals surface area (Å²) in [6.45, 7) is 4.23. The lowest BCUT2D eigenvalue weighted by molar-refractivity contribution is -0.120. The minimum Gasteiger partial charge on any atom is -0.476 e. The zero-order valence-corrected chi connectivity index (χ0v) is 16.8. The zero-order chi connectivity index (χ0) is 20.3. The molecule has 1 saturated heterocycles. The van der Waals surface area contributed by atoms with Crippen LogP contribution >= 0.6 is 11.6 Å². The van der Waals surface area contributed by atoms with Gasteiger partial charge >= 0.3 is 0 Å². The summed E-state index contributed by atoms with van der Waals surface area (Å²) in [5.41, 5.74) is 0.533. The van der Waals surface area contributed by atoms with Gasteiger partial charge in [0.05, 0.1) is 31.5 Å². The van der Waals surface area contributed by atoms with Gasteiger partial charge in [-0.05, 0) is 31.7 Å². The Kier molecular flexibility index (Phi) is 6.60. The Morgan fingerprint density at radius 1 is 1.50 bits per heavy atom. The van der Waals surface area contributed by atoms with Gasteiger partial charge in [-0.1, -0.05) is 11.6 Å². The van der Waals surface area contributed by atoms with Crippen molar-refractivity contribution in [2.75, 3.05) is 31.2 Å². The summed E-state index contributed by atoms with van der Waals surface area (Å²) < 4.78 is 38.4. The lowest BCUT2D eigenvalue weighted by Crippen LogP contribution is -2.40. The lowest BCUT2D eigenvalue weighted by atomic mass is 9.83. The number of nitrogens with one attached hydrogen (secondary N) is 1. The van der Waals surface area contributed by atoms with Crippen molar-refractivity contribution in [2.45, 2.75) is 51.2 Å². The van der Waals surface area contributed by atoms with Crippen LogP contribution in [0.1, 0.15) is 33.1 Å². The number of pyridine rings is 1. The maximum atomic E-state index is 13.5. The van der Waals surface area contributed by atoms with Crippen LogP contribution in [0.4, 0.5) is 14.5 Å². The van der Waals surface area contributed by atoms with Crippen LogP contribution in [0.3, 0.4) is 0 Å². The smallest absolute Gasteiger partial charge is 0.266 e. The molecule has 1 amide bonds. The van der Waals surface area contributed by atoms with E-state index in [-0.39, 0.29) is 48.5 Å². The van der Waals surface area contributed by atoms with Crippen molar-refractivity contribution in [1.82, 2.24) is 10.3 Å². The van der Waals surface area contributed by atoms with Crippen LogP contribution in [0, 0.1) is 5.92 Å². The van der Waals surface area contributed by atoms with E-state index >= 15 is 0 Å². The molecule has 1 atom stereocenters. The lowest BCUT2D eigenvalue weighted by Gasteiger charge is -2.35. The highest BCUT2D eigenvalue weighted by Gasteiger charge is 2.39. The molecule has 1 saturated carbocycles. The monoisotopic (exact) mass is 417 g/mol. The molecule has 0 spiro atoms. The third-order valence-electron chi connectivity index (χ3n) is 5.03. The predicted molar refractivity (Wildman–Crippen MR) is 102 cm³/mol. The van der Waals surface area contributed by atoms with Gasteiger partial charge in [-0.15, -0.1) is 0 Å². The summed E-state index contributed by atoms with van der Waals surface area (Å²) in [6, 6.07) is 1.62. The number of anilines is 1. The number of hydrogen-bond donors (Lipinski definition) is 1. The standard InChI is InChI=1S/C19H26ClF2N3O3/c1-12(24-13(2)26)9-27-15-7-14(8-15)10-28-18-17(20)16(3-5-23-18)25-6-4-19(21,22)11-25/h3,5,12,14-15H,4,6-11H2,1-2H3,(H,24,26)/t12-,14?,15?/m0/s1. The first kappa shape index (κ1) is 21.0. The fourth-order valence-corrected chi connectivity index (χ4v) is 3.80. The second-order valence-electron chi connectivity index (χ2n) is 7.68. The van der Waals surface area contributed by atoms with E-state index in [4.69, 9.17) is 21.1 Å². The number of halogens is 3. The molecule has 0 bridgehead atoms. The molecule has 156 valence electrons. The Morgan fingerprint density at radius 3 is 2.89 bits per heavy atom. The van der Waals surface area contributed by atoms with E-state index in [1.54, 1.807) is 11.0 Å². The first-order chi connectivity index (χ1) is 13.2. The maximum Gasteiger partial charge on any atom is 0.266 e. The van der Waals surface area contributed by atoms with E-state index < -0.39 is 5.92 Å². The van der Waals surface area contributed by atoms with Crippen LogP contribution < -0.4 is 15.0 Å². The van der Waals surface area contributed by atoms with Crippen molar-refractivity contribution in [3.8, 4) is 5.88 Å². The first-order valence-corrected chi connectivity index (χ1v) is 9.90. The normalized spacial score (nSPS) is 24.5. The number of nitrogens with zero attached hydrogens (tertiary/aromatic N) is 2. The van der Waals surface area contributed by atoms with Crippen molar-refractivity contribution in [2.24, 2.45) is 5.92 Å². The molecule has 2 fully saturated rings. The van der Waals surface area contributed by atoms with Crippen molar-refractivity contribution in [3.05, 3.63) is 17.3 Å². The van der Waals surface area contributed by atoms with Crippen LogP contribution in [0.25, 0.3) is 0 Å². The van der Waals surface area contributed by atoms with Gasteiger partial charge in [-0.3, -0.25) is 4.79 Å². The molecular formula is C19H26ClF2N3O3. The van der Waals surface area contributed by atoms with Gasteiger partial charge in [-0.25, -0.2) is 13.8 Å². The molecule has 1 aromatic rings. The van der Waals surface area contributed by atoms with Gasteiger partial charge in [0, 0.05) is 32.1 Å². The highest BCUT2D eigenvalue weighted by atomic mass is 35.5. The first-order valence-electron chi connectivity index (χ1n) is 9.52. The van der Waals surface area contributed by atoms with Crippen molar-refractivity contribution < 1.29 is 23.0 Å². The number of alkyl halides is 2. The summed E-state index contributed by atoms with van der Waals surface area (Å²) in [5.74, 6) is -2.15. The van der Waals surface area contributed by atoms with Crippen molar-refractivity contribution in [3.63, 3.8) is 0 Å². The number of aromatic nitrogens is 1. The van der Waals surface area contributed by atoms with Crippen LogP contribution in [0.5, 0.6) is 5.88 Å². The number of rotatable bonds is 8. The Hall–Kier alpha value is -1.67. The van der Waals surface area contributed by atoms with Gasteiger partial charge < -0.3 is 19.7 Å². The highest BCUT2D eigenvalue weighted by molar-refractivity contribution is 6.34. The number of hydrogen-bond acceptors (Lipinski definition) is 5. The van der Waals surface area contributed by atoms with Gasteiger partial charge in [0.25, 0.3) is 5.92 Å². The molecule has 6 nitrogen and oxygen atoms in total. The molecule has 1 aliphatic carbocycles. The third-order valence-corrected chi connectivity index (χ3v) is 5.38. The molecule has 1 aliphatic heterocycles. The average molecular weight is 418 g/mol. The average Bonchev–Trinajstić information content (AvgIpc) is 2.93. The van der Waals surface area contributed by atoms with Crippen molar-refractivity contribution >= 4 is 23.2 Å². The number of carbonyl (C=O) groups excluding carboxylic acids is 1. The Bertz CT molecular complexity index is 701. The van der Waals surface area contributed by atoms with Crippen LogP contribution in [-0.4, -0.2) is 55.3 Å². The van der Waals surface area contributed by atoms with Gasteiger partial charge in [0.15, 0.2) is 0 Å². The molecule has 0 unspecified atom stereocenters. The molecule has 28 heavy (non-hydrogen) atoms. The van der Waals surface area contributed by atoms with Crippen LogP contribution in [0.2, 0.25) is 5.02 Å². The quantitative estimate of drug-likeness (QED) is 0.703. The molecule has 0 radical (unpaired) electrons. The van der Waals surface area contributed by atoms with E-state index in [2.05, 4.69) is 10.3 Å². The Morgan fingerprint density at radius 2 is 2.25 bits per heavy atom. The zero-order valence-electron chi connectivity index (χ0n) is 16.1. The summed E-state index contributed by atoms with van der Waals surface area (Å²) in [5, 5.41) is 3.06. The Balaban J connectivity index is 1.43. The number of carbonyl (C=O) groups is 1. The van der Waals surface area contributed by atoms with E-state index in [0.717, 1.165) is 12.8 Å². The van der Waals surface area contributed by atoms with Crippen molar-refractivity contribution in [1.29, 1.82) is 0 Å². The molecule has 0 aromatic carbocycles. The Labute approximate surface area is 168 Å².